The van der Waals surface area contributed by atoms with Crippen LogP contribution in [0.2, 0.25) is 0 Å². The van der Waals surface area contributed by atoms with Crippen LogP contribution in [-0.4, -0.2) is 56.3 Å². The molecule has 8 heteroatoms. The second-order valence-electron chi connectivity index (χ2n) is 8.84. The number of hydrogen-bond donors (Lipinski definition) is 2. The highest BCUT2D eigenvalue weighted by Gasteiger charge is 2.60. The zero-order valence-corrected chi connectivity index (χ0v) is 16.6. The summed E-state index contributed by atoms with van der Waals surface area (Å²) in [5.41, 5.74) is 0.498. The third-order valence-corrected chi connectivity index (χ3v) is 5.65. The van der Waals surface area contributed by atoms with E-state index in [1.807, 2.05) is 25.7 Å². The summed E-state index contributed by atoms with van der Waals surface area (Å²) in [6.07, 6.45) is 6.93. The molecule has 28 heavy (non-hydrogen) atoms. The molecule has 1 saturated carbocycles. The van der Waals surface area contributed by atoms with Crippen molar-refractivity contribution < 1.29 is 14.3 Å². The van der Waals surface area contributed by atoms with Gasteiger partial charge in [0.15, 0.2) is 5.65 Å². The Balaban J connectivity index is 1.39. The molecule has 2 aromatic heterocycles. The van der Waals surface area contributed by atoms with Crippen molar-refractivity contribution >= 4 is 23.0 Å². The summed E-state index contributed by atoms with van der Waals surface area (Å²) >= 11 is 0. The molecule has 3 heterocycles. The molecule has 150 valence electrons. The van der Waals surface area contributed by atoms with Crippen LogP contribution in [0.15, 0.2) is 18.5 Å². The SMILES string of the molecule is CC(C)(C)OC(=O)N1CCCCC12CC2CNC(=O)c1cnc2[nH]ncc2c1. The van der Waals surface area contributed by atoms with Gasteiger partial charge < -0.3 is 15.0 Å². The molecule has 2 atom stereocenters. The van der Waals surface area contributed by atoms with Crippen molar-refractivity contribution in [2.45, 2.75) is 57.6 Å². The maximum atomic E-state index is 12.7. The third kappa shape index (κ3) is 3.55. The van der Waals surface area contributed by atoms with E-state index < -0.39 is 5.60 Å². The molecule has 2 N–H and O–H groups in total. The lowest BCUT2D eigenvalue weighted by Gasteiger charge is -2.38. The van der Waals surface area contributed by atoms with Crippen LogP contribution in [0, 0.1) is 5.92 Å². The number of hydrogen-bond acceptors (Lipinski definition) is 5. The molecular weight excluding hydrogens is 358 g/mol. The molecule has 1 aliphatic heterocycles. The summed E-state index contributed by atoms with van der Waals surface area (Å²) in [5.74, 6) is 0.104. The van der Waals surface area contributed by atoms with E-state index in [-0.39, 0.29) is 23.5 Å². The number of pyridine rings is 1. The number of rotatable bonds is 3. The lowest BCUT2D eigenvalue weighted by atomic mass is 9.98. The monoisotopic (exact) mass is 385 g/mol. The third-order valence-electron chi connectivity index (χ3n) is 5.65. The van der Waals surface area contributed by atoms with Crippen molar-refractivity contribution in [2.75, 3.05) is 13.1 Å². The average molecular weight is 385 g/mol. The topological polar surface area (TPSA) is 100 Å². The fourth-order valence-corrected chi connectivity index (χ4v) is 4.19. The molecular formula is C20H27N5O3. The Morgan fingerprint density at radius 2 is 2.18 bits per heavy atom. The van der Waals surface area contributed by atoms with Gasteiger partial charge in [-0.3, -0.25) is 9.89 Å². The first-order valence-electron chi connectivity index (χ1n) is 9.86. The Labute approximate surface area is 164 Å². The molecule has 1 spiro atoms. The number of carbonyl (C=O) groups is 2. The van der Waals surface area contributed by atoms with Gasteiger partial charge in [0.25, 0.3) is 5.91 Å². The predicted octanol–water partition coefficient (Wildman–Crippen LogP) is 2.87. The molecule has 1 aliphatic carbocycles. The average Bonchev–Trinajstić information content (AvgIpc) is 3.10. The van der Waals surface area contributed by atoms with Crippen LogP contribution in [0.3, 0.4) is 0 Å². The minimum absolute atomic E-state index is 0.155. The van der Waals surface area contributed by atoms with Crippen molar-refractivity contribution in [3.8, 4) is 0 Å². The number of nitrogens with zero attached hydrogens (tertiary/aromatic N) is 3. The van der Waals surface area contributed by atoms with Crippen molar-refractivity contribution in [1.29, 1.82) is 0 Å². The van der Waals surface area contributed by atoms with Gasteiger partial charge in [-0.2, -0.15) is 5.10 Å². The van der Waals surface area contributed by atoms with Gasteiger partial charge >= 0.3 is 6.09 Å². The van der Waals surface area contributed by atoms with E-state index in [9.17, 15) is 9.59 Å². The molecule has 2 unspecified atom stereocenters. The number of aromatic amines is 1. The number of amides is 2. The highest BCUT2D eigenvalue weighted by Crippen LogP contribution is 2.54. The van der Waals surface area contributed by atoms with Gasteiger partial charge in [-0.25, -0.2) is 9.78 Å². The molecule has 2 amide bonds. The first-order chi connectivity index (χ1) is 13.3. The summed E-state index contributed by atoms with van der Waals surface area (Å²) in [6.45, 7) is 6.92. The number of fused-ring (bicyclic) bond motifs is 1. The van der Waals surface area contributed by atoms with E-state index >= 15 is 0 Å². The number of H-pyrrole nitrogens is 1. The fraction of sp³-hybridized carbons (Fsp3) is 0.600. The van der Waals surface area contributed by atoms with Crippen LogP contribution in [0.25, 0.3) is 11.0 Å². The summed E-state index contributed by atoms with van der Waals surface area (Å²) in [4.78, 5) is 31.3. The normalized spacial score (nSPS) is 24.4. The molecule has 2 aliphatic rings. The number of piperidine rings is 1. The van der Waals surface area contributed by atoms with Gasteiger partial charge in [0.2, 0.25) is 0 Å². The quantitative estimate of drug-likeness (QED) is 0.846. The zero-order chi connectivity index (χ0) is 19.9. The Kier molecular flexibility index (Phi) is 4.51. The van der Waals surface area contributed by atoms with Gasteiger partial charge in [-0.1, -0.05) is 0 Å². The van der Waals surface area contributed by atoms with E-state index in [0.717, 1.165) is 37.6 Å². The van der Waals surface area contributed by atoms with E-state index in [4.69, 9.17) is 4.74 Å². The van der Waals surface area contributed by atoms with Gasteiger partial charge in [0.1, 0.15) is 5.60 Å². The molecule has 0 bridgehead atoms. The highest BCUT2D eigenvalue weighted by atomic mass is 16.6. The summed E-state index contributed by atoms with van der Waals surface area (Å²) < 4.78 is 5.61. The minimum atomic E-state index is -0.507. The first-order valence-corrected chi connectivity index (χ1v) is 9.86. The highest BCUT2D eigenvalue weighted by molar-refractivity contribution is 5.96. The maximum Gasteiger partial charge on any atom is 0.410 e. The Morgan fingerprint density at radius 1 is 1.36 bits per heavy atom. The standard InChI is InChI=1S/C20H27N5O3/c1-19(2,3)28-18(27)25-7-5-4-6-20(25)9-15(20)12-22-17(26)14-8-13-11-23-24-16(13)21-10-14/h8,10-11,15H,4-7,9,12H2,1-3H3,(H,22,26)(H,21,23,24). The van der Waals surface area contributed by atoms with E-state index in [0.29, 0.717) is 17.8 Å². The van der Waals surface area contributed by atoms with Gasteiger partial charge in [0.05, 0.1) is 17.3 Å². The summed E-state index contributed by atoms with van der Waals surface area (Å²) in [5, 5.41) is 10.5. The second kappa shape index (κ2) is 6.76. The summed E-state index contributed by atoms with van der Waals surface area (Å²) in [7, 11) is 0. The number of ether oxygens (including phenoxy) is 1. The van der Waals surface area contributed by atoms with Crippen LogP contribution in [-0.2, 0) is 4.74 Å². The minimum Gasteiger partial charge on any atom is -0.444 e. The van der Waals surface area contributed by atoms with E-state index in [1.54, 1.807) is 18.5 Å². The lowest BCUT2D eigenvalue weighted by Crippen LogP contribution is -2.49. The molecule has 1 saturated heterocycles. The maximum absolute atomic E-state index is 12.7. The zero-order valence-electron chi connectivity index (χ0n) is 16.6. The Bertz CT molecular complexity index is 903. The van der Waals surface area contributed by atoms with Crippen LogP contribution < -0.4 is 5.32 Å². The van der Waals surface area contributed by atoms with Crippen molar-refractivity contribution in [3.63, 3.8) is 0 Å². The number of likely N-dealkylation sites (tertiary alicyclic amines) is 1. The van der Waals surface area contributed by atoms with E-state index in [2.05, 4.69) is 20.5 Å². The van der Waals surface area contributed by atoms with Gasteiger partial charge in [-0.15, -0.1) is 0 Å². The summed E-state index contributed by atoms with van der Waals surface area (Å²) in [6, 6.07) is 1.78. The number of aromatic nitrogens is 3. The molecule has 4 rings (SSSR count). The van der Waals surface area contributed by atoms with Crippen molar-refractivity contribution in [3.05, 3.63) is 24.0 Å². The van der Waals surface area contributed by atoms with Crippen LogP contribution >= 0.6 is 0 Å². The fourth-order valence-electron chi connectivity index (χ4n) is 4.19. The molecule has 0 aromatic carbocycles. The number of carbonyl (C=O) groups excluding carboxylic acids is 2. The van der Waals surface area contributed by atoms with Crippen LogP contribution in [0.1, 0.15) is 56.8 Å². The van der Waals surface area contributed by atoms with Gasteiger partial charge in [0, 0.05) is 30.6 Å². The smallest absolute Gasteiger partial charge is 0.410 e. The molecule has 2 aromatic rings. The van der Waals surface area contributed by atoms with E-state index in [1.165, 1.54) is 0 Å². The largest absolute Gasteiger partial charge is 0.444 e. The Hall–Kier alpha value is -2.64. The Morgan fingerprint density at radius 3 is 2.96 bits per heavy atom. The van der Waals surface area contributed by atoms with Crippen molar-refractivity contribution in [2.24, 2.45) is 5.92 Å². The molecule has 0 radical (unpaired) electrons. The first kappa shape index (κ1) is 18.7. The van der Waals surface area contributed by atoms with Gasteiger partial charge in [-0.05, 0) is 52.5 Å². The lowest BCUT2D eigenvalue weighted by molar-refractivity contribution is 0.00325. The van der Waals surface area contributed by atoms with Crippen LogP contribution in [0.4, 0.5) is 4.79 Å². The second-order valence-corrected chi connectivity index (χ2v) is 8.84. The number of nitrogens with one attached hydrogen (secondary N) is 2. The predicted molar refractivity (Wildman–Crippen MR) is 104 cm³/mol. The molecule has 2 fully saturated rings. The molecule has 8 nitrogen and oxygen atoms in total. The van der Waals surface area contributed by atoms with Crippen LogP contribution in [0.5, 0.6) is 0 Å². The van der Waals surface area contributed by atoms with Crippen molar-refractivity contribution in [1.82, 2.24) is 25.4 Å².